The number of halogens is 5. The van der Waals surface area contributed by atoms with E-state index >= 15 is 0 Å². The molecule has 0 heterocycles. The van der Waals surface area contributed by atoms with E-state index in [-0.39, 0.29) is 0 Å². The highest BCUT2D eigenvalue weighted by molar-refractivity contribution is 5.30. The second-order valence-electron chi connectivity index (χ2n) is 12.6. The standard InChI is InChI=1S/C35H47F5O/c1-2-3-4-5-6-7-8-9-10-25-11-13-26(14-12-25)27-15-17-28(18-16-27)29-19-21-30(22-20-29)35(39,40)41-31-23-32(36)34(38)33(37)24-31/h19-28H,2-18H2,1H3/t25-,26-,27?,28?. The summed E-state index contributed by atoms with van der Waals surface area (Å²) in [4.78, 5) is 0. The van der Waals surface area contributed by atoms with Gasteiger partial charge in [0.2, 0.25) is 0 Å². The molecular formula is C35H47F5O. The Kier molecular flexibility index (Phi) is 11.9. The fraction of sp³-hybridized carbons (Fsp3) is 0.657. The summed E-state index contributed by atoms with van der Waals surface area (Å²) >= 11 is 0. The smallest absolute Gasteiger partial charge is 0.426 e. The predicted molar refractivity (Wildman–Crippen MR) is 155 cm³/mol. The van der Waals surface area contributed by atoms with Gasteiger partial charge in [0, 0.05) is 12.1 Å². The van der Waals surface area contributed by atoms with Crippen molar-refractivity contribution in [3.63, 3.8) is 0 Å². The van der Waals surface area contributed by atoms with Crippen molar-refractivity contribution in [1.29, 1.82) is 0 Å². The number of alkyl halides is 2. The zero-order valence-corrected chi connectivity index (χ0v) is 24.6. The Morgan fingerprint density at radius 2 is 1.20 bits per heavy atom. The predicted octanol–water partition coefficient (Wildman–Crippen LogP) is 11.8. The van der Waals surface area contributed by atoms with E-state index in [1.807, 2.05) is 0 Å². The van der Waals surface area contributed by atoms with Crippen LogP contribution in [0, 0.1) is 35.2 Å². The van der Waals surface area contributed by atoms with E-state index in [1.165, 1.54) is 108 Å². The second kappa shape index (κ2) is 15.4. The van der Waals surface area contributed by atoms with Gasteiger partial charge in [-0.3, -0.25) is 0 Å². The summed E-state index contributed by atoms with van der Waals surface area (Å²) in [5, 5.41) is 0. The van der Waals surface area contributed by atoms with Crippen molar-refractivity contribution in [2.75, 3.05) is 0 Å². The maximum absolute atomic E-state index is 14.7. The van der Waals surface area contributed by atoms with Gasteiger partial charge in [0.15, 0.2) is 17.5 Å². The lowest BCUT2D eigenvalue weighted by Gasteiger charge is -2.38. The van der Waals surface area contributed by atoms with Crippen molar-refractivity contribution in [2.45, 2.75) is 128 Å². The molecule has 0 atom stereocenters. The Balaban J connectivity index is 1.16. The van der Waals surface area contributed by atoms with Crippen molar-refractivity contribution in [3.05, 3.63) is 65.0 Å². The van der Waals surface area contributed by atoms with Gasteiger partial charge in [-0.05, 0) is 79.9 Å². The Hall–Kier alpha value is -2.11. The summed E-state index contributed by atoms with van der Waals surface area (Å²) < 4.78 is 73.8. The summed E-state index contributed by atoms with van der Waals surface area (Å²) in [5.41, 5.74) is 0.625. The van der Waals surface area contributed by atoms with Gasteiger partial charge in [0.05, 0.1) is 5.56 Å². The molecule has 0 amide bonds. The van der Waals surface area contributed by atoms with Gasteiger partial charge in [-0.25, -0.2) is 13.2 Å². The SMILES string of the molecule is CCCCCCCCCC[C@H]1CC[C@H](C2CCC(c3ccc(C(F)(F)Oc4cc(F)c(F)c(F)c4)cc3)CC2)CC1. The number of hydrogen-bond acceptors (Lipinski definition) is 1. The number of benzene rings is 2. The van der Waals surface area contributed by atoms with Gasteiger partial charge in [0.25, 0.3) is 0 Å². The number of unbranched alkanes of at least 4 members (excludes halogenated alkanes) is 7. The molecule has 0 unspecified atom stereocenters. The molecule has 228 valence electrons. The Morgan fingerprint density at radius 3 is 1.76 bits per heavy atom. The van der Waals surface area contributed by atoms with Crippen molar-refractivity contribution in [2.24, 2.45) is 17.8 Å². The fourth-order valence-corrected chi connectivity index (χ4v) is 7.19. The lowest BCUT2D eigenvalue weighted by Crippen LogP contribution is -2.25. The molecular weight excluding hydrogens is 531 g/mol. The molecule has 0 radical (unpaired) electrons. The molecule has 0 bridgehead atoms. The first-order valence-electron chi connectivity index (χ1n) is 16.1. The van der Waals surface area contributed by atoms with Crippen LogP contribution in [0.4, 0.5) is 22.0 Å². The molecule has 1 nitrogen and oxygen atoms in total. The van der Waals surface area contributed by atoms with E-state index in [2.05, 4.69) is 11.7 Å². The first-order chi connectivity index (χ1) is 19.8. The average Bonchev–Trinajstić information content (AvgIpc) is 2.97. The third kappa shape index (κ3) is 9.19. The highest BCUT2D eigenvalue weighted by atomic mass is 19.3. The average molecular weight is 579 g/mol. The Labute approximate surface area is 243 Å². The van der Waals surface area contributed by atoms with Crippen LogP contribution in [-0.2, 0) is 6.11 Å². The molecule has 2 aromatic rings. The maximum atomic E-state index is 14.7. The number of rotatable bonds is 14. The summed E-state index contributed by atoms with van der Waals surface area (Å²) in [6.45, 7) is 2.27. The molecule has 41 heavy (non-hydrogen) atoms. The quantitative estimate of drug-likeness (QED) is 0.123. The highest BCUT2D eigenvalue weighted by Gasteiger charge is 2.36. The van der Waals surface area contributed by atoms with Crippen LogP contribution >= 0.6 is 0 Å². The number of ether oxygens (including phenoxy) is 1. The zero-order valence-electron chi connectivity index (χ0n) is 24.6. The molecule has 2 aliphatic carbocycles. The summed E-state index contributed by atoms with van der Waals surface area (Å²) in [6.07, 6.45) is 18.7. The van der Waals surface area contributed by atoms with Crippen LogP contribution in [0.1, 0.15) is 133 Å². The van der Waals surface area contributed by atoms with E-state index in [0.717, 1.165) is 36.2 Å². The van der Waals surface area contributed by atoms with Gasteiger partial charge in [-0.15, -0.1) is 0 Å². The largest absolute Gasteiger partial charge is 0.429 e. The monoisotopic (exact) mass is 578 g/mol. The molecule has 4 rings (SSSR count). The minimum absolute atomic E-state index is 0.355. The molecule has 0 aliphatic heterocycles. The summed E-state index contributed by atoms with van der Waals surface area (Å²) in [5.74, 6) is -2.74. The van der Waals surface area contributed by atoms with Crippen LogP contribution in [0.3, 0.4) is 0 Å². The molecule has 2 saturated carbocycles. The third-order valence-electron chi connectivity index (χ3n) is 9.72. The summed E-state index contributed by atoms with van der Waals surface area (Å²) in [6, 6.07) is 6.88. The minimum atomic E-state index is -3.81. The second-order valence-corrected chi connectivity index (χ2v) is 12.6. The highest BCUT2D eigenvalue weighted by Crippen LogP contribution is 2.45. The number of hydrogen-bond donors (Lipinski definition) is 0. The molecule has 0 aromatic heterocycles. The van der Waals surface area contributed by atoms with Crippen LogP contribution in [0.15, 0.2) is 36.4 Å². The van der Waals surface area contributed by atoms with Gasteiger partial charge in [-0.2, -0.15) is 8.78 Å². The van der Waals surface area contributed by atoms with Crippen LogP contribution in [0.5, 0.6) is 5.75 Å². The normalized spacial score (nSPS) is 23.5. The van der Waals surface area contributed by atoms with E-state index in [9.17, 15) is 22.0 Å². The zero-order chi connectivity index (χ0) is 29.2. The van der Waals surface area contributed by atoms with E-state index in [0.29, 0.717) is 18.1 Å². The van der Waals surface area contributed by atoms with Crippen LogP contribution < -0.4 is 4.74 Å². The first-order valence-corrected chi connectivity index (χ1v) is 16.1. The fourth-order valence-electron chi connectivity index (χ4n) is 7.19. The van der Waals surface area contributed by atoms with Crippen LogP contribution in [0.2, 0.25) is 0 Å². The van der Waals surface area contributed by atoms with Crippen molar-refractivity contribution in [1.82, 2.24) is 0 Å². The Morgan fingerprint density at radius 1 is 0.683 bits per heavy atom. The molecule has 2 fully saturated rings. The lowest BCUT2D eigenvalue weighted by atomic mass is 9.68. The lowest BCUT2D eigenvalue weighted by molar-refractivity contribution is -0.185. The maximum Gasteiger partial charge on any atom is 0.426 e. The van der Waals surface area contributed by atoms with Crippen molar-refractivity contribution in [3.8, 4) is 5.75 Å². The Bertz CT molecular complexity index is 1030. The van der Waals surface area contributed by atoms with Crippen molar-refractivity contribution >= 4 is 0 Å². The van der Waals surface area contributed by atoms with Crippen LogP contribution in [-0.4, -0.2) is 0 Å². The molecule has 0 saturated heterocycles. The first kappa shape index (κ1) is 31.8. The molecule has 0 N–H and O–H groups in total. The van der Waals surface area contributed by atoms with Gasteiger partial charge < -0.3 is 4.74 Å². The van der Waals surface area contributed by atoms with Gasteiger partial charge >= 0.3 is 6.11 Å². The van der Waals surface area contributed by atoms with Gasteiger partial charge in [0.1, 0.15) is 5.75 Å². The minimum Gasteiger partial charge on any atom is -0.429 e. The van der Waals surface area contributed by atoms with Crippen LogP contribution in [0.25, 0.3) is 0 Å². The third-order valence-corrected chi connectivity index (χ3v) is 9.72. The molecule has 6 heteroatoms. The molecule has 0 spiro atoms. The molecule has 2 aromatic carbocycles. The van der Waals surface area contributed by atoms with E-state index in [4.69, 9.17) is 0 Å². The van der Waals surface area contributed by atoms with E-state index < -0.39 is 34.9 Å². The van der Waals surface area contributed by atoms with Gasteiger partial charge in [-0.1, -0.05) is 89.7 Å². The van der Waals surface area contributed by atoms with Crippen molar-refractivity contribution < 1.29 is 26.7 Å². The summed E-state index contributed by atoms with van der Waals surface area (Å²) in [7, 11) is 0. The molecule has 2 aliphatic rings. The van der Waals surface area contributed by atoms with E-state index in [1.54, 1.807) is 12.1 Å². The topological polar surface area (TPSA) is 9.23 Å².